The number of ether oxygens (including phenoxy) is 1. The number of rotatable bonds is 4. The van der Waals surface area contributed by atoms with Gasteiger partial charge in [0.05, 0.1) is 0 Å². The van der Waals surface area contributed by atoms with Crippen LogP contribution in [-0.2, 0) is 4.79 Å². The quantitative estimate of drug-likeness (QED) is 0.689. The van der Waals surface area contributed by atoms with Crippen LogP contribution in [0.25, 0.3) is 0 Å². The van der Waals surface area contributed by atoms with Gasteiger partial charge < -0.3 is 4.74 Å². The van der Waals surface area contributed by atoms with Gasteiger partial charge in [-0.3, -0.25) is 9.59 Å². The number of hydrogen-bond donors (Lipinski definition) is 0. The standard InChI is InChI=1S/C9H8O3.C2H6/c10-4-5-12-9-3-1-2-8(6-9)7-11;1-2/h1-4,6-7H,5H2;1-2H3. The van der Waals surface area contributed by atoms with Crippen molar-refractivity contribution in [1.29, 1.82) is 0 Å². The van der Waals surface area contributed by atoms with E-state index in [4.69, 9.17) is 4.74 Å². The highest BCUT2D eigenvalue weighted by Crippen LogP contribution is 2.10. The van der Waals surface area contributed by atoms with Crippen LogP contribution in [-0.4, -0.2) is 19.2 Å². The Morgan fingerprint density at radius 2 is 2.00 bits per heavy atom. The Kier molecular flexibility index (Phi) is 7.05. The zero-order valence-electron chi connectivity index (χ0n) is 8.40. The number of hydrogen-bond acceptors (Lipinski definition) is 3. The fourth-order valence-corrected chi connectivity index (χ4v) is 0.808. The summed E-state index contributed by atoms with van der Waals surface area (Å²) in [7, 11) is 0. The summed E-state index contributed by atoms with van der Waals surface area (Å²) in [6, 6.07) is 6.64. The normalized spacial score (nSPS) is 8.14. The van der Waals surface area contributed by atoms with Crippen LogP contribution >= 0.6 is 0 Å². The Hall–Kier alpha value is -1.64. The van der Waals surface area contributed by atoms with Gasteiger partial charge in [0.1, 0.15) is 18.6 Å². The molecule has 0 atom stereocenters. The second kappa shape index (κ2) is 7.98. The zero-order chi connectivity index (χ0) is 10.8. The minimum Gasteiger partial charge on any atom is -0.486 e. The molecule has 0 heterocycles. The van der Waals surface area contributed by atoms with Crippen molar-refractivity contribution in [2.45, 2.75) is 13.8 Å². The molecule has 0 aliphatic heterocycles. The highest BCUT2D eigenvalue weighted by molar-refractivity contribution is 5.75. The molecule has 0 aromatic heterocycles. The van der Waals surface area contributed by atoms with E-state index >= 15 is 0 Å². The maximum atomic E-state index is 10.3. The molecule has 1 aromatic carbocycles. The van der Waals surface area contributed by atoms with Crippen molar-refractivity contribution >= 4 is 12.6 Å². The van der Waals surface area contributed by atoms with Crippen molar-refractivity contribution in [2.24, 2.45) is 0 Å². The SMILES string of the molecule is CC.O=CCOc1cccc(C=O)c1. The first-order chi connectivity index (χ1) is 6.86. The molecule has 14 heavy (non-hydrogen) atoms. The summed E-state index contributed by atoms with van der Waals surface area (Å²) in [5.41, 5.74) is 0.540. The van der Waals surface area contributed by atoms with E-state index < -0.39 is 0 Å². The molecular weight excluding hydrogens is 180 g/mol. The van der Waals surface area contributed by atoms with Crippen LogP contribution in [0.4, 0.5) is 0 Å². The molecule has 0 aliphatic carbocycles. The molecule has 0 N–H and O–H groups in total. The summed E-state index contributed by atoms with van der Waals surface area (Å²) in [6.07, 6.45) is 1.39. The lowest BCUT2D eigenvalue weighted by atomic mass is 10.2. The number of carbonyl (C=O) groups is 2. The van der Waals surface area contributed by atoms with E-state index in [-0.39, 0.29) is 6.61 Å². The average molecular weight is 194 g/mol. The lowest BCUT2D eigenvalue weighted by Crippen LogP contribution is -1.97. The third-order valence-corrected chi connectivity index (χ3v) is 1.31. The van der Waals surface area contributed by atoms with Crippen LogP contribution in [0.1, 0.15) is 24.2 Å². The second-order valence-electron chi connectivity index (χ2n) is 2.17. The Labute approximate surface area is 83.7 Å². The fraction of sp³-hybridized carbons (Fsp3) is 0.273. The van der Waals surface area contributed by atoms with Gasteiger partial charge in [-0.15, -0.1) is 0 Å². The third-order valence-electron chi connectivity index (χ3n) is 1.31. The highest BCUT2D eigenvalue weighted by atomic mass is 16.5. The lowest BCUT2D eigenvalue weighted by Gasteiger charge is -2.00. The first kappa shape index (κ1) is 12.4. The summed E-state index contributed by atoms with van der Waals surface area (Å²) in [6.45, 7) is 4.02. The van der Waals surface area contributed by atoms with Crippen molar-refractivity contribution in [3.63, 3.8) is 0 Å². The molecule has 0 aliphatic rings. The van der Waals surface area contributed by atoms with Gasteiger partial charge in [0.25, 0.3) is 0 Å². The first-order valence-electron chi connectivity index (χ1n) is 4.48. The largest absolute Gasteiger partial charge is 0.486 e. The van der Waals surface area contributed by atoms with Gasteiger partial charge in [-0.25, -0.2) is 0 Å². The topological polar surface area (TPSA) is 43.4 Å². The van der Waals surface area contributed by atoms with Gasteiger partial charge in [-0.2, -0.15) is 0 Å². The van der Waals surface area contributed by atoms with Gasteiger partial charge in [0.2, 0.25) is 0 Å². The van der Waals surface area contributed by atoms with E-state index in [0.29, 0.717) is 17.6 Å². The van der Waals surface area contributed by atoms with Crippen LogP contribution in [0.3, 0.4) is 0 Å². The molecule has 0 unspecified atom stereocenters. The first-order valence-corrected chi connectivity index (χ1v) is 4.48. The van der Waals surface area contributed by atoms with Crippen molar-refractivity contribution in [1.82, 2.24) is 0 Å². The zero-order valence-corrected chi connectivity index (χ0v) is 8.40. The second-order valence-corrected chi connectivity index (χ2v) is 2.17. The van der Waals surface area contributed by atoms with Gasteiger partial charge in [-0.05, 0) is 12.1 Å². The summed E-state index contributed by atoms with van der Waals surface area (Å²) in [5.74, 6) is 0.534. The van der Waals surface area contributed by atoms with Gasteiger partial charge >= 0.3 is 0 Å². The number of benzene rings is 1. The Morgan fingerprint density at radius 3 is 2.57 bits per heavy atom. The molecule has 3 heteroatoms. The molecular formula is C11H14O3. The van der Waals surface area contributed by atoms with Crippen molar-refractivity contribution < 1.29 is 14.3 Å². The molecule has 0 radical (unpaired) electrons. The van der Waals surface area contributed by atoms with Crippen LogP contribution < -0.4 is 4.74 Å². The van der Waals surface area contributed by atoms with Crippen molar-refractivity contribution in [2.75, 3.05) is 6.61 Å². The summed E-state index contributed by atoms with van der Waals surface area (Å²) >= 11 is 0. The van der Waals surface area contributed by atoms with E-state index in [1.807, 2.05) is 13.8 Å². The van der Waals surface area contributed by atoms with Crippen LogP contribution in [0, 0.1) is 0 Å². The molecule has 1 rings (SSSR count). The summed E-state index contributed by atoms with van der Waals surface area (Å²) in [4.78, 5) is 20.2. The van der Waals surface area contributed by atoms with E-state index in [1.165, 1.54) is 0 Å². The van der Waals surface area contributed by atoms with Crippen molar-refractivity contribution in [3.8, 4) is 5.75 Å². The highest BCUT2D eigenvalue weighted by Gasteiger charge is 1.93. The molecule has 0 fully saturated rings. The third kappa shape index (κ3) is 4.40. The molecule has 0 saturated carbocycles. The Balaban J connectivity index is 0.000000791. The molecule has 3 nitrogen and oxygen atoms in total. The van der Waals surface area contributed by atoms with Crippen LogP contribution in [0.2, 0.25) is 0 Å². The van der Waals surface area contributed by atoms with Crippen LogP contribution in [0.5, 0.6) is 5.75 Å². The predicted octanol–water partition coefficient (Wildman–Crippen LogP) is 2.10. The Bertz CT molecular complexity index is 282. The molecule has 0 saturated heterocycles. The Morgan fingerprint density at radius 1 is 1.29 bits per heavy atom. The predicted molar refractivity (Wildman–Crippen MR) is 54.7 cm³/mol. The van der Waals surface area contributed by atoms with Crippen LogP contribution in [0.15, 0.2) is 24.3 Å². The monoisotopic (exact) mass is 194 g/mol. The van der Waals surface area contributed by atoms with E-state index in [9.17, 15) is 9.59 Å². The molecule has 1 aromatic rings. The molecule has 0 spiro atoms. The lowest BCUT2D eigenvalue weighted by molar-refractivity contribution is -0.109. The summed E-state index contributed by atoms with van der Waals surface area (Å²) in [5, 5.41) is 0. The van der Waals surface area contributed by atoms with Gasteiger partial charge in [-0.1, -0.05) is 26.0 Å². The van der Waals surface area contributed by atoms with Crippen molar-refractivity contribution in [3.05, 3.63) is 29.8 Å². The van der Waals surface area contributed by atoms with Gasteiger partial charge in [0.15, 0.2) is 6.29 Å². The average Bonchev–Trinajstić information content (AvgIpc) is 2.29. The molecule has 76 valence electrons. The number of carbonyl (C=O) groups excluding carboxylic acids is 2. The molecule has 0 amide bonds. The van der Waals surface area contributed by atoms with Gasteiger partial charge in [0, 0.05) is 5.56 Å². The number of aldehydes is 2. The fourth-order valence-electron chi connectivity index (χ4n) is 0.808. The summed E-state index contributed by atoms with van der Waals surface area (Å²) < 4.78 is 4.97. The minimum absolute atomic E-state index is 0.0162. The minimum atomic E-state index is 0.0162. The maximum absolute atomic E-state index is 10.3. The smallest absolute Gasteiger partial charge is 0.157 e. The van der Waals surface area contributed by atoms with E-state index in [1.54, 1.807) is 24.3 Å². The van der Waals surface area contributed by atoms with E-state index in [0.717, 1.165) is 6.29 Å². The molecule has 0 bridgehead atoms. The van der Waals surface area contributed by atoms with E-state index in [2.05, 4.69) is 0 Å². The maximum Gasteiger partial charge on any atom is 0.157 e.